The summed E-state index contributed by atoms with van der Waals surface area (Å²) in [6.45, 7) is 2.34. The number of benzene rings is 2. The van der Waals surface area contributed by atoms with E-state index < -0.39 is 11.9 Å². The lowest BCUT2D eigenvalue weighted by molar-refractivity contribution is -0.140. The van der Waals surface area contributed by atoms with Gasteiger partial charge in [-0.3, -0.25) is 14.6 Å². The van der Waals surface area contributed by atoms with Crippen LogP contribution in [0.5, 0.6) is 0 Å². The molecule has 1 N–H and O–H groups in total. The zero-order chi connectivity index (χ0) is 22.5. The van der Waals surface area contributed by atoms with Crippen molar-refractivity contribution in [3.63, 3.8) is 0 Å². The van der Waals surface area contributed by atoms with Crippen LogP contribution in [0.25, 0.3) is 5.76 Å². The van der Waals surface area contributed by atoms with Crippen LogP contribution in [0.15, 0.2) is 59.3 Å². The Hall–Kier alpha value is -3.61. The average Bonchev–Trinajstić information content (AvgIpc) is 3.66. The first kappa shape index (κ1) is 21.6. The number of fused-ring (bicyclic) bond motifs is 1. The Bertz CT molecular complexity index is 1060. The van der Waals surface area contributed by atoms with Crippen molar-refractivity contribution in [1.29, 1.82) is 0 Å². The largest absolute Gasteiger partial charge is 0.486 e. The molecule has 0 atom stereocenters. The molecule has 1 heterocycles. The number of amides is 1. The lowest BCUT2D eigenvalue weighted by atomic mass is 9.93. The molecule has 2 aromatic rings. The summed E-state index contributed by atoms with van der Waals surface area (Å²) in [6.07, 6.45) is 3.99. The minimum atomic E-state index is -0.525. The van der Waals surface area contributed by atoms with E-state index in [1.54, 1.807) is 18.1 Å². The van der Waals surface area contributed by atoms with Gasteiger partial charge in [0.25, 0.3) is 5.91 Å². The number of nitrogens with one attached hydrogen (secondary N) is 1. The zero-order valence-electron chi connectivity index (χ0n) is 18.3. The normalized spacial score (nSPS) is 15.5. The van der Waals surface area contributed by atoms with E-state index in [1.807, 2.05) is 42.5 Å². The van der Waals surface area contributed by atoms with Gasteiger partial charge in [-0.05, 0) is 42.4 Å². The highest BCUT2D eigenvalue weighted by molar-refractivity contribution is 6.01. The fourth-order valence-corrected chi connectivity index (χ4v) is 3.89. The van der Waals surface area contributed by atoms with Gasteiger partial charge in [0.2, 0.25) is 0 Å². The molecule has 1 amide bonds. The smallest absolute Gasteiger partial charge is 0.325 e. The number of methoxy groups -OCH3 is 1. The third-order valence-electron chi connectivity index (χ3n) is 5.57. The first-order chi connectivity index (χ1) is 15.6. The molecule has 4 rings (SSSR count). The van der Waals surface area contributed by atoms with Gasteiger partial charge in [-0.25, -0.2) is 0 Å². The van der Waals surface area contributed by atoms with Gasteiger partial charge in [-0.2, -0.15) is 5.10 Å². The number of carbonyl (C=O) groups excluding carboxylic acids is 2. The van der Waals surface area contributed by atoms with Gasteiger partial charge in [0.15, 0.2) is 11.5 Å². The van der Waals surface area contributed by atoms with E-state index in [0.717, 1.165) is 16.7 Å². The van der Waals surface area contributed by atoms with Crippen molar-refractivity contribution in [2.24, 2.45) is 5.10 Å². The van der Waals surface area contributed by atoms with E-state index in [-0.39, 0.29) is 12.2 Å². The second-order valence-electron chi connectivity index (χ2n) is 7.79. The fourth-order valence-electron chi connectivity index (χ4n) is 3.89. The molecule has 2 aliphatic rings. The number of hydrogen-bond donors (Lipinski definition) is 1. The molecule has 0 unspecified atom stereocenters. The van der Waals surface area contributed by atoms with E-state index in [9.17, 15) is 9.59 Å². The summed E-state index contributed by atoms with van der Waals surface area (Å²) in [5, 5.41) is 8.74. The van der Waals surface area contributed by atoms with Gasteiger partial charge in [0.05, 0.1) is 13.7 Å². The standard InChI is InChI=1S/C25H27N3O4/c1-3-27-28-15-21-19(18-12-13-18)10-7-11-20(21)24(32-16-17-8-5-4-6-9-17)23(28)25(30)26-14-22(29)31-2/h3-11,18H,12-16H2,1-2H3,(H,26,30)/b27-3-. The topological polar surface area (TPSA) is 80.2 Å². The first-order valence-corrected chi connectivity index (χ1v) is 10.8. The van der Waals surface area contributed by atoms with E-state index in [1.165, 1.54) is 25.5 Å². The predicted molar refractivity (Wildman–Crippen MR) is 121 cm³/mol. The summed E-state index contributed by atoms with van der Waals surface area (Å²) < 4.78 is 10.9. The van der Waals surface area contributed by atoms with Crippen LogP contribution in [0.2, 0.25) is 0 Å². The monoisotopic (exact) mass is 433 g/mol. The molecule has 0 saturated heterocycles. The van der Waals surface area contributed by atoms with Crippen molar-refractivity contribution < 1.29 is 19.1 Å². The Morgan fingerprint density at radius 1 is 1.16 bits per heavy atom. The second kappa shape index (κ2) is 9.68. The number of hydrazone groups is 1. The molecule has 1 saturated carbocycles. The van der Waals surface area contributed by atoms with Gasteiger partial charge < -0.3 is 14.8 Å². The number of nitrogens with zero attached hydrogens (tertiary/aromatic N) is 2. The van der Waals surface area contributed by atoms with E-state index in [4.69, 9.17) is 4.74 Å². The Labute approximate surface area is 187 Å². The summed E-state index contributed by atoms with van der Waals surface area (Å²) >= 11 is 0. The van der Waals surface area contributed by atoms with Crippen LogP contribution >= 0.6 is 0 Å². The van der Waals surface area contributed by atoms with Crippen LogP contribution in [0.3, 0.4) is 0 Å². The molecule has 166 valence electrons. The number of carbonyl (C=O) groups is 2. The van der Waals surface area contributed by atoms with Crippen molar-refractivity contribution >= 4 is 23.9 Å². The summed E-state index contributed by atoms with van der Waals surface area (Å²) in [6, 6.07) is 16.0. The minimum Gasteiger partial charge on any atom is -0.486 e. The van der Waals surface area contributed by atoms with Crippen molar-refractivity contribution in [2.45, 2.75) is 38.8 Å². The molecular weight excluding hydrogens is 406 g/mol. The van der Waals surface area contributed by atoms with Crippen molar-refractivity contribution in [1.82, 2.24) is 10.3 Å². The lowest BCUT2D eigenvalue weighted by Crippen LogP contribution is -2.38. The second-order valence-corrected chi connectivity index (χ2v) is 7.79. The molecule has 2 aromatic carbocycles. The van der Waals surface area contributed by atoms with Crippen LogP contribution in [0.4, 0.5) is 0 Å². The molecule has 0 radical (unpaired) electrons. The Balaban J connectivity index is 1.77. The van der Waals surface area contributed by atoms with Crippen molar-refractivity contribution in [3.8, 4) is 0 Å². The Morgan fingerprint density at radius 2 is 1.94 bits per heavy atom. The number of rotatable bonds is 8. The quantitative estimate of drug-likeness (QED) is 0.509. The Morgan fingerprint density at radius 3 is 2.62 bits per heavy atom. The predicted octanol–water partition coefficient (Wildman–Crippen LogP) is 3.56. The van der Waals surface area contributed by atoms with Gasteiger partial charge >= 0.3 is 5.97 Å². The first-order valence-electron chi connectivity index (χ1n) is 10.8. The van der Waals surface area contributed by atoms with E-state index >= 15 is 0 Å². The summed E-state index contributed by atoms with van der Waals surface area (Å²) in [7, 11) is 1.28. The van der Waals surface area contributed by atoms with Crippen molar-refractivity contribution in [3.05, 3.63) is 76.5 Å². The van der Waals surface area contributed by atoms with Crippen LogP contribution in [0.1, 0.15) is 47.9 Å². The summed E-state index contributed by atoms with van der Waals surface area (Å²) in [4.78, 5) is 24.8. The highest BCUT2D eigenvalue weighted by Gasteiger charge is 2.35. The SMILES string of the molecule is C/C=N\N1Cc2c(cccc2C2CC2)C(OCc2ccccc2)=C1C(=O)NCC(=O)OC. The molecule has 1 aliphatic heterocycles. The van der Waals surface area contributed by atoms with Crippen LogP contribution < -0.4 is 5.32 Å². The molecular formula is C25H27N3O4. The third-order valence-corrected chi connectivity index (χ3v) is 5.57. The highest BCUT2D eigenvalue weighted by Crippen LogP contribution is 2.45. The lowest BCUT2D eigenvalue weighted by Gasteiger charge is -2.32. The maximum Gasteiger partial charge on any atom is 0.325 e. The molecule has 7 heteroatoms. The zero-order valence-corrected chi connectivity index (χ0v) is 18.3. The minimum absolute atomic E-state index is 0.233. The molecule has 0 aromatic heterocycles. The van der Waals surface area contributed by atoms with Crippen LogP contribution in [-0.4, -0.2) is 36.8 Å². The number of esters is 1. The van der Waals surface area contributed by atoms with Crippen molar-refractivity contribution in [2.75, 3.05) is 13.7 Å². The number of ether oxygens (including phenoxy) is 2. The maximum absolute atomic E-state index is 13.2. The maximum atomic E-state index is 13.2. The molecule has 1 fully saturated rings. The molecule has 0 spiro atoms. The summed E-state index contributed by atoms with van der Waals surface area (Å²) in [5.74, 6) is 0.0445. The number of hydrogen-bond acceptors (Lipinski definition) is 6. The highest BCUT2D eigenvalue weighted by atomic mass is 16.5. The van der Waals surface area contributed by atoms with E-state index in [0.29, 0.717) is 24.8 Å². The van der Waals surface area contributed by atoms with Gasteiger partial charge in [0, 0.05) is 11.8 Å². The van der Waals surface area contributed by atoms with Crippen LogP contribution in [-0.2, 0) is 32.2 Å². The van der Waals surface area contributed by atoms with Gasteiger partial charge in [-0.15, -0.1) is 0 Å². The Kier molecular flexibility index (Phi) is 6.54. The summed E-state index contributed by atoms with van der Waals surface area (Å²) in [5.41, 5.74) is 4.59. The van der Waals surface area contributed by atoms with Gasteiger partial charge in [0.1, 0.15) is 13.2 Å². The fraction of sp³-hybridized carbons (Fsp3) is 0.320. The van der Waals surface area contributed by atoms with Crippen LogP contribution in [0, 0.1) is 0 Å². The molecule has 32 heavy (non-hydrogen) atoms. The third kappa shape index (κ3) is 4.66. The molecule has 0 bridgehead atoms. The molecule has 7 nitrogen and oxygen atoms in total. The molecule has 1 aliphatic carbocycles. The van der Waals surface area contributed by atoms with E-state index in [2.05, 4.69) is 21.2 Å². The van der Waals surface area contributed by atoms with Gasteiger partial charge in [-0.1, -0.05) is 48.5 Å². The average molecular weight is 434 g/mol.